The lowest BCUT2D eigenvalue weighted by molar-refractivity contribution is 0.287. The number of rotatable bonds is 10. The minimum Gasteiger partial charge on any atom is -0.490 e. The first-order valence-corrected chi connectivity index (χ1v) is 9.20. The number of guanidine groups is 1. The van der Waals surface area contributed by atoms with Gasteiger partial charge in [0, 0.05) is 39.1 Å². The molecule has 2 N–H and O–H groups in total. The summed E-state index contributed by atoms with van der Waals surface area (Å²) >= 11 is 0. The third kappa shape index (κ3) is 6.35. The highest BCUT2D eigenvalue weighted by Gasteiger charge is 2.06. The summed E-state index contributed by atoms with van der Waals surface area (Å²) in [5.74, 6) is 2.42. The molecule has 6 heteroatoms. The predicted molar refractivity (Wildman–Crippen MR) is 106 cm³/mol. The minimum atomic E-state index is 0.625. The van der Waals surface area contributed by atoms with E-state index in [9.17, 15) is 0 Å². The van der Waals surface area contributed by atoms with Crippen LogP contribution in [0.2, 0.25) is 0 Å². The van der Waals surface area contributed by atoms with Gasteiger partial charge >= 0.3 is 0 Å². The quantitative estimate of drug-likeness (QED) is 0.506. The summed E-state index contributed by atoms with van der Waals surface area (Å²) in [5.41, 5.74) is 1.20. The van der Waals surface area contributed by atoms with Crippen molar-refractivity contribution in [3.63, 3.8) is 0 Å². The highest BCUT2D eigenvalue weighted by Crippen LogP contribution is 2.28. The molecule has 1 aromatic carbocycles. The van der Waals surface area contributed by atoms with Gasteiger partial charge in [0.25, 0.3) is 0 Å². The van der Waals surface area contributed by atoms with Crippen LogP contribution >= 0.6 is 0 Å². The van der Waals surface area contributed by atoms with Crippen LogP contribution in [0.1, 0.15) is 19.4 Å². The number of benzene rings is 1. The van der Waals surface area contributed by atoms with Gasteiger partial charge in [-0.15, -0.1) is 0 Å². The maximum atomic E-state index is 5.68. The minimum absolute atomic E-state index is 0.625. The second-order valence-electron chi connectivity index (χ2n) is 5.74. The third-order valence-corrected chi connectivity index (χ3v) is 3.87. The SMILES string of the molecule is CCOc1ccc(CCNC(=NC)NCCn2cccc2)cc1OCC. The van der Waals surface area contributed by atoms with Crippen molar-refractivity contribution < 1.29 is 9.47 Å². The zero-order valence-electron chi connectivity index (χ0n) is 16.0. The van der Waals surface area contributed by atoms with E-state index in [0.29, 0.717) is 13.2 Å². The number of nitrogens with one attached hydrogen (secondary N) is 2. The monoisotopic (exact) mass is 358 g/mol. The first-order valence-electron chi connectivity index (χ1n) is 9.20. The summed E-state index contributed by atoms with van der Waals surface area (Å²) in [6, 6.07) is 10.2. The van der Waals surface area contributed by atoms with Gasteiger partial charge in [0.15, 0.2) is 17.5 Å². The first kappa shape index (κ1) is 19.7. The van der Waals surface area contributed by atoms with Crippen LogP contribution < -0.4 is 20.1 Å². The largest absolute Gasteiger partial charge is 0.490 e. The molecule has 1 heterocycles. The Hall–Kier alpha value is -2.63. The van der Waals surface area contributed by atoms with Crippen molar-refractivity contribution in [2.45, 2.75) is 26.8 Å². The summed E-state index contributed by atoms with van der Waals surface area (Å²) < 4.78 is 13.4. The second-order valence-corrected chi connectivity index (χ2v) is 5.74. The lowest BCUT2D eigenvalue weighted by Crippen LogP contribution is -2.39. The topological polar surface area (TPSA) is 59.8 Å². The summed E-state index contributed by atoms with van der Waals surface area (Å²) in [5, 5.41) is 6.67. The van der Waals surface area contributed by atoms with E-state index in [4.69, 9.17) is 9.47 Å². The Morgan fingerprint density at radius 2 is 1.69 bits per heavy atom. The van der Waals surface area contributed by atoms with E-state index >= 15 is 0 Å². The maximum Gasteiger partial charge on any atom is 0.191 e. The Labute approximate surface area is 156 Å². The van der Waals surface area contributed by atoms with Gasteiger partial charge in [-0.25, -0.2) is 0 Å². The van der Waals surface area contributed by atoms with Crippen molar-refractivity contribution in [2.24, 2.45) is 4.99 Å². The predicted octanol–water partition coefficient (Wildman–Crippen LogP) is 2.69. The lowest BCUT2D eigenvalue weighted by Gasteiger charge is -2.14. The molecule has 142 valence electrons. The molecule has 0 spiro atoms. The molecule has 0 saturated carbocycles. The molecular formula is C20H30N4O2. The molecule has 0 amide bonds. The Balaban J connectivity index is 1.78. The molecule has 2 rings (SSSR count). The molecule has 0 aliphatic heterocycles. The Bertz CT molecular complexity index is 668. The van der Waals surface area contributed by atoms with E-state index < -0.39 is 0 Å². The number of hydrogen-bond acceptors (Lipinski definition) is 3. The van der Waals surface area contributed by atoms with Gasteiger partial charge in [-0.2, -0.15) is 0 Å². The highest BCUT2D eigenvalue weighted by molar-refractivity contribution is 5.79. The molecular weight excluding hydrogens is 328 g/mol. The zero-order valence-corrected chi connectivity index (χ0v) is 16.0. The van der Waals surface area contributed by atoms with E-state index in [1.807, 2.05) is 32.0 Å². The van der Waals surface area contributed by atoms with E-state index in [-0.39, 0.29) is 0 Å². The van der Waals surface area contributed by atoms with Crippen molar-refractivity contribution in [2.75, 3.05) is 33.4 Å². The molecule has 0 unspecified atom stereocenters. The molecule has 0 atom stereocenters. The fourth-order valence-electron chi connectivity index (χ4n) is 2.62. The summed E-state index contributed by atoms with van der Waals surface area (Å²) in [4.78, 5) is 4.26. The lowest BCUT2D eigenvalue weighted by atomic mass is 10.1. The molecule has 0 bridgehead atoms. The summed E-state index contributed by atoms with van der Waals surface area (Å²) in [6.45, 7) is 7.74. The second kappa shape index (κ2) is 11.1. The molecule has 26 heavy (non-hydrogen) atoms. The van der Waals surface area contributed by atoms with Crippen molar-refractivity contribution in [3.8, 4) is 11.5 Å². The number of hydrogen-bond donors (Lipinski definition) is 2. The van der Waals surface area contributed by atoms with Crippen molar-refractivity contribution in [1.29, 1.82) is 0 Å². The summed E-state index contributed by atoms with van der Waals surface area (Å²) in [6.07, 6.45) is 4.99. The average Bonchev–Trinajstić information content (AvgIpc) is 3.16. The van der Waals surface area contributed by atoms with E-state index in [2.05, 4.69) is 44.7 Å². The van der Waals surface area contributed by atoms with Crippen LogP contribution in [0, 0.1) is 0 Å². The van der Waals surface area contributed by atoms with E-state index in [0.717, 1.165) is 43.5 Å². The standard InChI is InChI=1S/C20H30N4O2/c1-4-25-18-9-8-17(16-19(18)26-5-2)10-11-22-20(21-3)23-12-15-24-13-6-7-14-24/h6-9,13-14,16H,4-5,10-12,15H2,1-3H3,(H2,21,22,23). The number of aromatic nitrogens is 1. The Kier molecular flexibility index (Phi) is 8.39. The van der Waals surface area contributed by atoms with E-state index in [1.165, 1.54) is 5.56 Å². The van der Waals surface area contributed by atoms with Gasteiger partial charge in [0.2, 0.25) is 0 Å². The molecule has 0 aliphatic rings. The van der Waals surface area contributed by atoms with Gasteiger partial charge in [-0.1, -0.05) is 6.07 Å². The Morgan fingerprint density at radius 3 is 2.38 bits per heavy atom. The van der Waals surface area contributed by atoms with Crippen LogP contribution in [0.15, 0.2) is 47.7 Å². The number of nitrogens with zero attached hydrogens (tertiary/aromatic N) is 2. The zero-order chi connectivity index (χ0) is 18.6. The van der Waals surface area contributed by atoms with Gasteiger partial charge < -0.3 is 24.7 Å². The molecule has 0 aliphatic carbocycles. The van der Waals surface area contributed by atoms with Gasteiger partial charge in [-0.05, 0) is 50.1 Å². The van der Waals surface area contributed by atoms with Crippen LogP contribution in [0.25, 0.3) is 0 Å². The van der Waals surface area contributed by atoms with E-state index in [1.54, 1.807) is 7.05 Å². The molecule has 1 aromatic heterocycles. The molecule has 2 aromatic rings. The van der Waals surface area contributed by atoms with Crippen molar-refractivity contribution in [3.05, 3.63) is 48.3 Å². The highest BCUT2D eigenvalue weighted by atomic mass is 16.5. The number of ether oxygens (including phenoxy) is 2. The fourth-order valence-corrected chi connectivity index (χ4v) is 2.62. The van der Waals surface area contributed by atoms with Crippen molar-refractivity contribution in [1.82, 2.24) is 15.2 Å². The Morgan fingerprint density at radius 1 is 1.00 bits per heavy atom. The molecule has 0 fully saturated rings. The van der Waals surface area contributed by atoms with Crippen molar-refractivity contribution >= 4 is 5.96 Å². The van der Waals surface area contributed by atoms with Crippen LogP contribution in [-0.4, -0.2) is 43.9 Å². The van der Waals surface area contributed by atoms with Crippen LogP contribution in [0.4, 0.5) is 0 Å². The fraction of sp³-hybridized carbons (Fsp3) is 0.450. The van der Waals surface area contributed by atoms with Gasteiger partial charge in [0.05, 0.1) is 13.2 Å². The molecule has 0 radical (unpaired) electrons. The third-order valence-electron chi connectivity index (χ3n) is 3.87. The number of aliphatic imine (C=N–C) groups is 1. The molecule has 6 nitrogen and oxygen atoms in total. The summed E-state index contributed by atoms with van der Waals surface area (Å²) in [7, 11) is 1.79. The van der Waals surface area contributed by atoms with Gasteiger partial charge in [0.1, 0.15) is 0 Å². The van der Waals surface area contributed by atoms with Crippen LogP contribution in [0.3, 0.4) is 0 Å². The average molecular weight is 358 g/mol. The normalized spacial score (nSPS) is 11.3. The van der Waals surface area contributed by atoms with Crippen LogP contribution in [-0.2, 0) is 13.0 Å². The maximum absolute atomic E-state index is 5.68. The molecule has 0 saturated heterocycles. The van der Waals surface area contributed by atoms with Gasteiger partial charge in [-0.3, -0.25) is 4.99 Å². The van der Waals surface area contributed by atoms with Crippen LogP contribution in [0.5, 0.6) is 11.5 Å². The first-order chi connectivity index (χ1) is 12.8. The smallest absolute Gasteiger partial charge is 0.191 e.